The molecular formula is C16H16ClN3. The third-order valence-electron chi connectivity index (χ3n) is 3.53. The molecule has 0 saturated carbocycles. The summed E-state index contributed by atoms with van der Waals surface area (Å²) in [4.78, 5) is 4.65. The van der Waals surface area contributed by atoms with E-state index in [1.165, 1.54) is 5.56 Å². The van der Waals surface area contributed by atoms with Crippen molar-refractivity contribution in [3.05, 3.63) is 52.2 Å². The molecule has 20 heavy (non-hydrogen) atoms. The van der Waals surface area contributed by atoms with Gasteiger partial charge in [-0.2, -0.15) is 0 Å². The van der Waals surface area contributed by atoms with E-state index in [1.807, 2.05) is 42.5 Å². The molecule has 2 aromatic heterocycles. The summed E-state index contributed by atoms with van der Waals surface area (Å²) in [5.74, 6) is 0.650. The lowest BCUT2D eigenvalue weighted by Gasteiger charge is -2.04. The highest BCUT2D eigenvalue weighted by atomic mass is 35.5. The molecule has 3 nitrogen and oxygen atoms in total. The first-order valence-corrected chi connectivity index (χ1v) is 6.87. The van der Waals surface area contributed by atoms with Crippen molar-refractivity contribution >= 4 is 23.1 Å². The molecule has 2 heterocycles. The Hall–Kier alpha value is -2.00. The number of pyridine rings is 1. The molecule has 102 valence electrons. The van der Waals surface area contributed by atoms with Gasteiger partial charge >= 0.3 is 0 Å². The van der Waals surface area contributed by atoms with Crippen molar-refractivity contribution in [2.24, 2.45) is 0 Å². The van der Waals surface area contributed by atoms with Crippen LogP contribution in [0.4, 0.5) is 5.82 Å². The fourth-order valence-corrected chi connectivity index (χ4v) is 2.69. The first-order chi connectivity index (χ1) is 9.47. The Kier molecular flexibility index (Phi) is 2.94. The molecule has 4 heteroatoms. The number of rotatable bonds is 1. The molecule has 0 aliphatic carbocycles. The molecule has 0 aliphatic heterocycles. The van der Waals surface area contributed by atoms with Crippen molar-refractivity contribution in [3.63, 3.8) is 0 Å². The van der Waals surface area contributed by atoms with Gasteiger partial charge in [0.25, 0.3) is 0 Å². The van der Waals surface area contributed by atoms with Crippen molar-refractivity contribution in [1.82, 2.24) is 9.38 Å². The third kappa shape index (κ3) is 1.95. The largest absolute Gasteiger partial charge is 0.383 e. The molecule has 0 fully saturated rings. The zero-order chi connectivity index (χ0) is 14.4. The number of nitrogens with zero attached hydrogens (tertiary/aromatic N) is 2. The highest BCUT2D eigenvalue weighted by Crippen LogP contribution is 2.30. The predicted octanol–water partition coefficient (Wildman–Crippen LogP) is 4.16. The Morgan fingerprint density at radius 1 is 1.10 bits per heavy atom. The lowest BCUT2D eigenvalue weighted by Crippen LogP contribution is -1.98. The quantitative estimate of drug-likeness (QED) is 0.729. The Morgan fingerprint density at radius 3 is 2.55 bits per heavy atom. The van der Waals surface area contributed by atoms with Crippen LogP contribution in [0.15, 0.2) is 30.3 Å². The number of hydrogen-bond acceptors (Lipinski definition) is 2. The van der Waals surface area contributed by atoms with Gasteiger partial charge in [0.05, 0.1) is 0 Å². The molecule has 0 unspecified atom stereocenters. The maximum Gasteiger partial charge on any atom is 0.139 e. The van der Waals surface area contributed by atoms with E-state index >= 15 is 0 Å². The minimum atomic E-state index is 0.650. The van der Waals surface area contributed by atoms with Gasteiger partial charge in [-0.3, -0.25) is 4.40 Å². The molecule has 3 rings (SSSR count). The molecule has 0 atom stereocenters. The van der Waals surface area contributed by atoms with Crippen LogP contribution in [0.2, 0.25) is 5.02 Å². The summed E-state index contributed by atoms with van der Waals surface area (Å²) in [6.45, 7) is 6.07. The van der Waals surface area contributed by atoms with Gasteiger partial charge in [-0.05, 0) is 50.1 Å². The number of anilines is 1. The van der Waals surface area contributed by atoms with E-state index < -0.39 is 0 Å². The topological polar surface area (TPSA) is 43.3 Å². The lowest BCUT2D eigenvalue weighted by molar-refractivity contribution is 1.09. The minimum Gasteiger partial charge on any atom is -0.383 e. The van der Waals surface area contributed by atoms with Gasteiger partial charge < -0.3 is 5.73 Å². The number of aromatic nitrogens is 2. The average Bonchev–Trinajstić information content (AvgIpc) is 2.70. The molecule has 0 radical (unpaired) electrons. The summed E-state index contributed by atoms with van der Waals surface area (Å²) in [5.41, 5.74) is 12.2. The van der Waals surface area contributed by atoms with E-state index in [-0.39, 0.29) is 0 Å². The van der Waals surface area contributed by atoms with E-state index in [2.05, 4.69) is 18.0 Å². The first kappa shape index (κ1) is 13.0. The second-order valence-corrected chi connectivity index (χ2v) is 5.58. The van der Waals surface area contributed by atoms with Crippen molar-refractivity contribution in [1.29, 1.82) is 0 Å². The van der Waals surface area contributed by atoms with Crippen molar-refractivity contribution in [3.8, 4) is 11.3 Å². The summed E-state index contributed by atoms with van der Waals surface area (Å²) in [6, 6.07) is 10.0. The second kappa shape index (κ2) is 4.53. The smallest absolute Gasteiger partial charge is 0.139 e. The van der Waals surface area contributed by atoms with Gasteiger partial charge in [0.2, 0.25) is 0 Å². The fourth-order valence-electron chi connectivity index (χ4n) is 2.51. The zero-order valence-electron chi connectivity index (χ0n) is 11.7. The number of hydrogen-bond donors (Lipinski definition) is 1. The van der Waals surface area contributed by atoms with Crippen LogP contribution in [0, 0.1) is 20.8 Å². The van der Waals surface area contributed by atoms with E-state index in [1.54, 1.807) is 0 Å². The number of halogens is 1. The Balaban J connectivity index is 2.29. The highest BCUT2D eigenvalue weighted by molar-refractivity contribution is 6.31. The summed E-state index contributed by atoms with van der Waals surface area (Å²) in [7, 11) is 0. The maximum absolute atomic E-state index is 6.27. The average molecular weight is 286 g/mol. The van der Waals surface area contributed by atoms with E-state index in [0.29, 0.717) is 5.82 Å². The molecule has 0 aliphatic rings. The van der Waals surface area contributed by atoms with E-state index in [9.17, 15) is 0 Å². The predicted molar refractivity (Wildman–Crippen MR) is 84.3 cm³/mol. The molecule has 0 amide bonds. The lowest BCUT2D eigenvalue weighted by atomic mass is 10.1. The molecular weight excluding hydrogens is 270 g/mol. The van der Waals surface area contributed by atoms with Crippen LogP contribution in [-0.2, 0) is 0 Å². The van der Waals surface area contributed by atoms with Gasteiger partial charge in [-0.15, -0.1) is 0 Å². The number of nitrogen functional groups attached to an aromatic ring is 1. The number of nitrogens with two attached hydrogens (primary N) is 1. The van der Waals surface area contributed by atoms with Crippen LogP contribution < -0.4 is 5.73 Å². The number of imidazole rings is 1. The van der Waals surface area contributed by atoms with Crippen molar-refractivity contribution in [2.45, 2.75) is 20.8 Å². The van der Waals surface area contributed by atoms with Gasteiger partial charge in [-0.25, -0.2) is 4.98 Å². The summed E-state index contributed by atoms with van der Waals surface area (Å²) < 4.78 is 1.97. The third-order valence-corrected chi connectivity index (χ3v) is 3.94. The molecule has 0 saturated heterocycles. The van der Waals surface area contributed by atoms with Gasteiger partial charge in [0.1, 0.15) is 17.2 Å². The Labute approximate surface area is 123 Å². The summed E-state index contributed by atoms with van der Waals surface area (Å²) in [5, 5.41) is 0.729. The highest BCUT2D eigenvalue weighted by Gasteiger charge is 2.13. The normalized spacial score (nSPS) is 11.2. The van der Waals surface area contributed by atoms with Gasteiger partial charge in [0.15, 0.2) is 0 Å². The van der Waals surface area contributed by atoms with Crippen LogP contribution in [0.3, 0.4) is 0 Å². The van der Waals surface area contributed by atoms with E-state index in [4.69, 9.17) is 17.3 Å². The van der Waals surface area contributed by atoms with Crippen LogP contribution in [0.25, 0.3) is 16.9 Å². The Bertz CT molecular complexity index is 818. The molecule has 0 bridgehead atoms. The summed E-state index contributed by atoms with van der Waals surface area (Å²) in [6.07, 6.45) is 0. The van der Waals surface area contributed by atoms with Crippen molar-refractivity contribution in [2.75, 3.05) is 5.73 Å². The maximum atomic E-state index is 6.27. The monoisotopic (exact) mass is 285 g/mol. The van der Waals surface area contributed by atoms with Gasteiger partial charge in [-0.1, -0.05) is 23.7 Å². The van der Waals surface area contributed by atoms with Crippen LogP contribution in [-0.4, -0.2) is 9.38 Å². The standard InChI is InChI=1S/C16H16ClN3/c1-9-6-11(3)20-14(7-9)19-15(16(20)18)12-5-4-10(2)13(17)8-12/h4-8H,18H2,1-3H3. The zero-order valence-corrected chi connectivity index (χ0v) is 12.5. The molecule has 3 aromatic rings. The number of aryl methyl sites for hydroxylation is 3. The van der Waals surface area contributed by atoms with Crippen LogP contribution in [0.5, 0.6) is 0 Å². The summed E-state index contributed by atoms with van der Waals surface area (Å²) >= 11 is 6.20. The SMILES string of the molecule is Cc1cc(C)n2c(N)c(-c3ccc(C)c(Cl)c3)nc2c1. The van der Waals surface area contributed by atoms with Crippen LogP contribution >= 0.6 is 11.6 Å². The van der Waals surface area contributed by atoms with E-state index in [0.717, 1.165) is 33.2 Å². The Morgan fingerprint density at radius 2 is 1.85 bits per heavy atom. The molecule has 1 aromatic carbocycles. The van der Waals surface area contributed by atoms with Crippen LogP contribution in [0.1, 0.15) is 16.8 Å². The first-order valence-electron chi connectivity index (χ1n) is 6.49. The molecule has 2 N–H and O–H groups in total. The van der Waals surface area contributed by atoms with Gasteiger partial charge in [0, 0.05) is 16.3 Å². The number of fused-ring (bicyclic) bond motifs is 1. The molecule has 0 spiro atoms. The number of benzene rings is 1. The minimum absolute atomic E-state index is 0.650. The second-order valence-electron chi connectivity index (χ2n) is 5.18. The fraction of sp³-hybridized carbons (Fsp3) is 0.188. The van der Waals surface area contributed by atoms with Crippen molar-refractivity contribution < 1.29 is 0 Å².